The van der Waals surface area contributed by atoms with Crippen molar-refractivity contribution in [2.75, 3.05) is 19.6 Å². The van der Waals surface area contributed by atoms with Gasteiger partial charge in [-0.2, -0.15) is 17.5 Å². The summed E-state index contributed by atoms with van der Waals surface area (Å²) >= 11 is 0. The van der Waals surface area contributed by atoms with Crippen LogP contribution in [-0.2, 0) is 16.6 Å². The average molecular weight is 534 g/mol. The second-order valence-electron chi connectivity index (χ2n) is 6.45. The molecule has 1 saturated heterocycles. The van der Waals surface area contributed by atoms with E-state index in [0.29, 0.717) is 23.4 Å². The van der Waals surface area contributed by atoms with Crippen LogP contribution in [0.5, 0.6) is 0 Å². The van der Waals surface area contributed by atoms with Crippen molar-refractivity contribution < 1.29 is 21.6 Å². The van der Waals surface area contributed by atoms with Gasteiger partial charge in [0.1, 0.15) is 0 Å². The van der Waals surface area contributed by atoms with Gasteiger partial charge in [0.25, 0.3) is 0 Å². The van der Waals surface area contributed by atoms with Crippen molar-refractivity contribution in [1.29, 1.82) is 0 Å². The lowest BCUT2D eigenvalue weighted by Crippen LogP contribution is -2.51. The molecule has 11 heteroatoms. The monoisotopic (exact) mass is 534 g/mol. The molecule has 1 fully saturated rings. The van der Waals surface area contributed by atoms with E-state index in [1.807, 2.05) is 38.1 Å². The zero-order valence-electron chi connectivity index (χ0n) is 15.8. The molecule has 0 unspecified atom stereocenters. The van der Waals surface area contributed by atoms with E-state index in [4.69, 9.17) is 0 Å². The van der Waals surface area contributed by atoms with Crippen molar-refractivity contribution in [3.63, 3.8) is 0 Å². The van der Waals surface area contributed by atoms with Crippen LogP contribution >= 0.6 is 24.0 Å². The van der Waals surface area contributed by atoms with Crippen molar-refractivity contribution in [2.45, 2.75) is 44.8 Å². The van der Waals surface area contributed by atoms with E-state index in [2.05, 4.69) is 15.6 Å². The first kappa shape index (κ1) is 25.0. The summed E-state index contributed by atoms with van der Waals surface area (Å²) < 4.78 is 61.4. The highest BCUT2D eigenvalue weighted by Gasteiger charge is 2.50. The first-order chi connectivity index (χ1) is 12.6. The smallest absolute Gasteiger partial charge is 0.357 e. The number of halogens is 4. The largest absolute Gasteiger partial charge is 0.511 e. The summed E-state index contributed by atoms with van der Waals surface area (Å²) in [6.07, 6.45) is 0.564. The van der Waals surface area contributed by atoms with E-state index in [-0.39, 0.29) is 55.9 Å². The van der Waals surface area contributed by atoms with Gasteiger partial charge in [-0.15, -0.1) is 24.0 Å². The molecule has 0 aromatic heterocycles. The Bertz CT molecular complexity index is 764. The number of hydrogen-bond acceptors (Lipinski definition) is 3. The second kappa shape index (κ2) is 10.6. The maximum Gasteiger partial charge on any atom is 0.511 e. The minimum Gasteiger partial charge on any atom is -0.357 e. The van der Waals surface area contributed by atoms with Gasteiger partial charge < -0.3 is 10.6 Å². The fourth-order valence-electron chi connectivity index (χ4n) is 2.88. The highest BCUT2D eigenvalue weighted by atomic mass is 127. The zero-order chi connectivity index (χ0) is 20.1. The molecule has 0 spiro atoms. The fraction of sp³-hybridized carbons (Fsp3) is 0.588. The minimum absolute atomic E-state index is 0. The molecule has 0 atom stereocenters. The van der Waals surface area contributed by atoms with Crippen LogP contribution in [0.3, 0.4) is 0 Å². The number of alkyl halides is 3. The molecule has 1 aliphatic rings. The second-order valence-corrected chi connectivity index (χ2v) is 8.38. The van der Waals surface area contributed by atoms with Crippen molar-refractivity contribution in [3.05, 3.63) is 35.4 Å². The Kier molecular flexibility index (Phi) is 9.47. The molecule has 1 heterocycles. The molecule has 2 rings (SSSR count). The van der Waals surface area contributed by atoms with Gasteiger partial charge in [0, 0.05) is 25.7 Å². The molecule has 1 aromatic rings. The highest BCUT2D eigenvalue weighted by Crippen LogP contribution is 2.28. The first-order valence-electron chi connectivity index (χ1n) is 8.80. The topological polar surface area (TPSA) is 73.8 Å². The summed E-state index contributed by atoms with van der Waals surface area (Å²) in [5.41, 5.74) is -3.06. The predicted molar refractivity (Wildman–Crippen MR) is 114 cm³/mol. The van der Waals surface area contributed by atoms with E-state index in [0.717, 1.165) is 11.1 Å². The van der Waals surface area contributed by atoms with Gasteiger partial charge in [0.2, 0.25) is 0 Å². The molecule has 0 aliphatic carbocycles. The molecule has 0 saturated carbocycles. The molecule has 160 valence electrons. The lowest BCUT2D eigenvalue weighted by molar-refractivity contribution is -0.0494. The number of guanidine groups is 1. The third-order valence-corrected chi connectivity index (χ3v) is 5.90. The van der Waals surface area contributed by atoms with Gasteiger partial charge in [0.05, 0.1) is 6.54 Å². The lowest BCUT2D eigenvalue weighted by Gasteiger charge is -2.32. The number of rotatable bonds is 5. The molecule has 0 bridgehead atoms. The molecule has 28 heavy (non-hydrogen) atoms. The molecular weight excluding hydrogens is 508 g/mol. The molecule has 6 nitrogen and oxygen atoms in total. The summed E-state index contributed by atoms with van der Waals surface area (Å²) in [4.78, 5) is 4.51. The molecule has 1 aromatic carbocycles. The summed E-state index contributed by atoms with van der Waals surface area (Å²) in [6, 6.07) is 7.82. The number of nitrogens with zero attached hydrogens (tertiary/aromatic N) is 2. The fourth-order valence-corrected chi connectivity index (χ4v) is 3.87. The number of benzene rings is 1. The van der Waals surface area contributed by atoms with Crippen LogP contribution in [0.1, 0.15) is 30.9 Å². The zero-order valence-corrected chi connectivity index (χ0v) is 18.9. The maximum atomic E-state index is 12.6. The molecular formula is C17H26F3IN4O2S. The number of sulfonamides is 1. The van der Waals surface area contributed by atoms with Crippen LogP contribution in [0, 0.1) is 6.92 Å². The van der Waals surface area contributed by atoms with E-state index in [1.165, 1.54) is 0 Å². The Morgan fingerprint density at radius 3 is 2.46 bits per heavy atom. The summed E-state index contributed by atoms with van der Waals surface area (Å²) in [7, 11) is -5.25. The Morgan fingerprint density at radius 1 is 1.29 bits per heavy atom. The van der Waals surface area contributed by atoms with Crippen molar-refractivity contribution in [3.8, 4) is 0 Å². The van der Waals surface area contributed by atoms with Gasteiger partial charge in [-0.25, -0.2) is 13.4 Å². The Balaban J connectivity index is 0.00000392. The van der Waals surface area contributed by atoms with Gasteiger partial charge >= 0.3 is 15.5 Å². The van der Waals surface area contributed by atoms with Crippen molar-refractivity contribution in [1.82, 2.24) is 14.9 Å². The number of aryl methyl sites for hydroxylation is 1. The number of nitrogens with one attached hydrogen (secondary N) is 2. The van der Waals surface area contributed by atoms with Crippen LogP contribution < -0.4 is 10.6 Å². The van der Waals surface area contributed by atoms with Gasteiger partial charge in [-0.05, 0) is 32.3 Å². The van der Waals surface area contributed by atoms with Crippen LogP contribution in [0.15, 0.2) is 29.3 Å². The van der Waals surface area contributed by atoms with Gasteiger partial charge in [-0.1, -0.05) is 29.8 Å². The maximum absolute atomic E-state index is 12.6. The molecule has 1 aliphatic heterocycles. The van der Waals surface area contributed by atoms with E-state index in [9.17, 15) is 21.6 Å². The van der Waals surface area contributed by atoms with Crippen LogP contribution in [-0.4, -0.2) is 49.9 Å². The van der Waals surface area contributed by atoms with Crippen LogP contribution in [0.2, 0.25) is 0 Å². The quantitative estimate of drug-likeness (QED) is 0.346. The molecule has 0 amide bonds. The SMILES string of the molecule is CCNC(=NCc1cccc(C)c1)NC1CCN(S(=O)(=O)C(F)(F)F)CC1.I. The third kappa shape index (κ3) is 6.76. The highest BCUT2D eigenvalue weighted by molar-refractivity contribution is 14.0. The summed E-state index contributed by atoms with van der Waals surface area (Å²) in [6.45, 7) is 4.69. The number of hydrogen-bond donors (Lipinski definition) is 2. The standard InChI is InChI=1S/C17H25F3N4O2S.HI/c1-3-21-16(22-12-14-6-4-5-13(2)11-14)23-15-7-9-24(10-8-15)27(25,26)17(18,19)20;/h4-6,11,15H,3,7-10,12H2,1-2H3,(H2,21,22,23);1H. The van der Waals surface area contributed by atoms with E-state index < -0.39 is 15.5 Å². The van der Waals surface area contributed by atoms with Crippen molar-refractivity contribution in [2.24, 2.45) is 4.99 Å². The summed E-state index contributed by atoms with van der Waals surface area (Å²) in [5, 5.41) is 6.30. The van der Waals surface area contributed by atoms with Crippen LogP contribution in [0.25, 0.3) is 0 Å². The number of piperidine rings is 1. The lowest BCUT2D eigenvalue weighted by atomic mass is 10.1. The average Bonchev–Trinajstić information content (AvgIpc) is 2.59. The van der Waals surface area contributed by atoms with E-state index >= 15 is 0 Å². The summed E-state index contributed by atoms with van der Waals surface area (Å²) in [5.74, 6) is 0.566. The normalized spacial score (nSPS) is 17.1. The van der Waals surface area contributed by atoms with Crippen LogP contribution in [0.4, 0.5) is 13.2 Å². The van der Waals surface area contributed by atoms with Crippen molar-refractivity contribution >= 4 is 40.0 Å². The Hall–Kier alpha value is -1.08. The minimum atomic E-state index is -5.25. The Labute approximate surface area is 181 Å². The first-order valence-corrected chi connectivity index (χ1v) is 10.2. The van der Waals surface area contributed by atoms with E-state index in [1.54, 1.807) is 0 Å². The van der Waals surface area contributed by atoms with Gasteiger partial charge in [0.15, 0.2) is 5.96 Å². The third-order valence-electron chi connectivity index (χ3n) is 4.27. The Morgan fingerprint density at radius 2 is 1.93 bits per heavy atom. The molecule has 0 radical (unpaired) electrons. The number of aliphatic imine (C=N–C) groups is 1. The molecule has 2 N–H and O–H groups in total. The van der Waals surface area contributed by atoms with Gasteiger partial charge in [-0.3, -0.25) is 0 Å². The predicted octanol–water partition coefficient (Wildman–Crippen LogP) is 2.98.